The first-order valence-electron chi connectivity index (χ1n) is 10.9. The molecule has 5 rings (SSSR count). The number of aryl methyl sites for hydroxylation is 2. The predicted molar refractivity (Wildman–Crippen MR) is 122 cm³/mol. The Labute approximate surface area is 182 Å². The van der Waals surface area contributed by atoms with Crippen LogP contribution in [0.15, 0.2) is 30.6 Å². The van der Waals surface area contributed by atoms with Crippen LogP contribution in [-0.2, 0) is 0 Å². The van der Waals surface area contributed by atoms with Gasteiger partial charge in [-0.25, -0.2) is 4.98 Å². The van der Waals surface area contributed by atoms with Crippen molar-refractivity contribution in [1.82, 2.24) is 19.7 Å². The highest BCUT2D eigenvalue weighted by Gasteiger charge is 2.26. The van der Waals surface area contributed by atoms with Gasteiger partial charge in [0.15, 0.2) is 5.65 Å². The molecule has 1 unspecified atom stereocenters. The summed E-state index contributed by atoms with van der Waals surface area (Å²) < 4.78 is 7.89. The molecule has 3 aromatic rings. The number of hydrogen-bond acceptors (Lipinski definition) is 6. The number of fused-ring (bicyclic) bond motifs is 2. The van der Waals surface area contributed by atoms with Gasteiger partial charge in [-0.2, -0.15) is 0 Å². The van der Waals surface area contributed by atoms with Crippen molar-refractivity contribution >= 4 is 23.0 Å². The van der Waals surface area contributed by atoms with Gasteiger partial charge < -0.3 is 24.5 Å². The molecule has 0 spiro atoms. The number of ether oxygens (including phenoxy) is 1. The summed E-state index contributed by atoms with van der Waals surface area (Å²) in [6.45, 7) is 11.3. The lowest BCUT2D eigenvalue weighted by atomic mass is 10.0. The second-order valence-corrected chi connectivity index (χ2v) is 8.87. The molecule has 7 heteroatoms. The van der Waals surface area contributed by atoms with Gasteiger partial charge in [0.25, 0.3) is 0 Å². The van der Waals surface area contributed by atoms with E-state index in [-0.39, 0.29) is 0 Å². The maximum absolute atomic E-state index is 10.8. The lowest BCUT2D eigenvalue weighted by Gasteiger charge is -2.37. The third-order valence-electron chi connectivity index (χ3n) is 6.21. The third-order valence-corrected chi connectivity index (χ3v) is 6.21. The van der Waals surface area contributed by atoms with Crippen molar-refractivity contribution in [2.24, 2.45) is 5.92 Å². The Kier molecular flexibility index (Phi) is 4.95. The summed E-state index contributed by atoms with van der Waals surface area (Å²) in [5.74, 6) is 1.28. The van der Waals surface area contributed by atoms with E-state index in [0.717, 1.165) is 47.9 Å². The van der Waals surface area contributed by atoms with Gasteiger partial charge in [0.2, 0.25) is 6.29 Å². The van der Waals surface area contributed by atoms with E-state index in [9.17, 15) is 5.11 Å². The lowest BCUT2D eigenvalue weighted by molar-refractivity contribution is 0.0318. The lowest BCUT2D eigenvalue weighted by Crippen LogP contribution is -2.53. The fourth-order valence-corrected chi connectivity index (χ4v) is 4.47. The summed E-state index contributed by atoms with van der Waals surface area (Å²) in [6, 6.07) is 6.71. The van der Waals surface area contributed by atoms with E-state index >= 15 is 0 Å². The van der Waals surface area contributed by atoms with Crippen molar-refractivity contribution in [2.75, 3.05) is 24.5 Å². The van der Waals surface area contributed by atoms with E-state index in [4.69, 9.17) is 9.72 Å². The quantitative estimate of drug-likeness (QED) is 0.680. The molecule has 0 bridgehead atoms. The van der Waals surface area contributed by atoms with Crippen molar-refractivity contribution < 1.29 is 9.84 Å². The second-order valence-electron chi connectivity index (χ2n) is 8.87. The number of aliphatic hydroxyl groups is 1. The fourth-order valence-electron chi connectivity index (χ4n) is 4.47. The number of imidazole rings is 1. The molecule has 0 aliphatic carbocycles. The van der Waals surface area contributed by atoms with Crippen LogP contribution in [0.2, 0.25) is 0 Å². The minimum absolute atomic E-state index is 0.472. The minimum atomic E-state index is -1.06. The average Bonchev–Trinajstić information content (AvgIpc) is 3.17. The van der Waals surface area contributed by atoms with Crippen molar-refractivity contribution in [3.05, 3.63) is 53.2 Å². The summed E-state index contributed by atoms with van der Waals surface area (Å²) in [4.78, 5) is 11.6. The van der Waals surface area contributed by atoms with Crippen LogP contribution in [0.1, 0.15) is 36.5 Å². The third kappa shape index (κ3) is 3.68. The van der Waals surface area contributed by atoms with E-state index in [1.165, 1.54) is 0 Å². The summed E-state index contributed by atoms with van der Waals surface area (Å²) in [5.41, 5.74) is 5.99. The Morgan fingerprint density at radius 1 is 1.19 bits per heavy atom. The number of hydrogen-bond donors (Lipinski definition) is 2. The van der Waals surface area contributed by atoms with E-state index in [1.54, 1.807) is 0 Å². The Morgan fingerprint density at radius 3 is 2.84 bits per heavy atom. The highest BCUT2D eigenvalue weighted by Crippen LogP contribution is 2.36. The molecule has 1 fully saturated rings. The van der Waals surface area contributed by atoms with Gasteiger partial charge in [0.05, 0.1) is 17.1 Å². The zero-order valence-electron chi connectivity index (χ0n) is 18.5. The van der Waals surface area contributed by atoms with E-state index in [2.05, 4.69) is 41.2 Å². The number of anilines is 1. The molecule has 2 N–H and O–H groups in total. The number of rotatable bonds is 3. The van der Waals surface area contributed by atoms with Gasteiger partial charge in [0.1, 0.15) is 5.75 Å². The molecule has 2 aliphatic heterocycles. The van der Waals surface area contributed by atoms with E-state index < -0.39 is 6.29 Å². The minimum Gasteiger partial charge on any atom is -0.460 e. The monoisotopic (exact) mass is 419 g/mol. The molecule has 7 nitrogen and oxygen atoms in total. The fraction of sp³-hybridized carbons (Fsp3) is 0.417. The topological polar surface area (TPSA) is 74.9 Å². The molecule has 2 atom stereocenters. The molecular weight excluding hydrogens is 390 g/mol. The van der Waals surface area contributed by atoms with Crippen LogP contribution < -0.4 is 15.0 Å². The zero-order chi connectivity index (χ0) is 21.7. The van der Waals surface area contributed by atoms with Crippen LogP contribution in [0.25, 0.3) is 17.3 Å². The Hall–Kier alpha value is -2.90. The largest absolute Gasteiger partial charge is 0.460 e. The Morgan fingerprint density at radius 2 is 2.03 bits per heavy atom. The number of nitrogens with zero attached hydrogens (tertiary/aromatic N) is 4. The van der Waals surface area contributed by atoms with Crippen LogP contribution in [0.3, 0.4) is 0 Å². The first-order valence-corrected chi connectivity index (χ1v) is 10.9. The van der Waals surface area contributed by atoms with Gasteiger partial charge in [-0.05, 0) is 38.0 Å². The molecule has 31 heavy (non-hydrogen) atoms. The van der Waals surface area contributed by atoms with Gasteiger partial charge in [-0.15, -0.1) is 0 Å². The zero-order valence-corrected chi connectivity index (χ0v) is 18.5. The molecule has 1 aromatic carbocycles. The first kappa shape index (κ1) is 20.0. The predicted octanol–water partition coefficient (Wildman–Crippen LogP) is 3.03. The van der Waals surface area contributed by atoms with Crippen LogP contribution in [0.4, 0.5) is 5.69 Å². The molecule has 2 aromatic heterocycles. The first-order chi connectivity index (χ1) is 14.9. The highest BCUT2D eigenvalue weighted by atomic mass is 16.6. The number of piperazine rings is 1. The van der Waals surface area contributed by atoms with Crippen LogP contribution in [0.5, 0.6) is 5.75 Å². The number of nitrogens with one attached hydrogen (secondary N) is 1. The van der Waals surface area contributed by atoms with Crippen molar-refractivity contribution in [3.63, 3.8) is 0 Å². The summed E-state index contributed by atoms with van der Waals surface area (Å²) in [5, 5.41) is 14.3. The normalized spacial score (nSPS) is 21.2. The average molecular weight is 420 g/mol. The molecule has 1 saturated heterocycles. The maximum Gasteiger partial charge on any atom is 0.226 e. The van der Waals surface area contributed by atoms with Gasteiger partial charge in [-0.1, -0.05) is 13.8 Å². The Balaban J connectivity index is 1.46. The smallest absolute Gasteiger partial charge is 0.226 e. The molecule has 0 amide bonds. The van der Waals surface area contributed by atoms with Gasteiger partial charge in [-0.3, -0.25) is 4.98 Å². The molecule has 0 saturated carbocycles. The number of benzene rings is 1. The summed E-state index contributed by atoms with van der Waals surface area (Å²) >= 11 is 0. The summed E-state index contributed by atoms with van der Waals surface area (Å²) in [6.07, 6.45) is 4.77. The van der Waals surface area contributed by atoms with Crippen LogP contribution >= 0.6 is 0 Å². The number of aliphatic hydroxyl groups excluding tert-OH is 1. The molecule has 4 heterocycles. The van der Waals surface area contributed by atoms with Crippen LogP contribution in [-0.4, -0.2) is 51.4 Å². The van der Waals surface area contributed by atoms with E-state index in [1.807, 2.05) is 42.8 Å². The van der Waals surface area contributed by atoms with Crippen molar-refractivity contribution in [2.45, 2.75) is 40.0 Å². The van der Waals surface area contributed by atoms with E-state index in [0.29, 0.717) is 29.0 Å². The highest BCUT2D eigenvalue weighted by molar-refractivity contribution is 5.86. The SMILES string of the molecule is Cc1cn2cc(C3=Cc4ccc(N5CCN[C@@H](C(C)C)C5)cc4OC3O)nc2c(C)n1. The Bertz CT molecular complexity index is 1170. The van der Waals surface area contributed by atoms with Gasteiger partial charge in [0, 0.05) is 61.0 Å². The molecule has 0 radical (unpaired) electrons. The molecule has 2 aliphatic rings. The summed E-state index contributed by atoms with van der Waals surface area (Å²) in [7, 11) is 0. The second kappa shape index (κ2) is 7.66. The standard InChI is InChI=1S/C24H29N5O2/c1-14(2)20-12-28(8-7-25-20)18-6-5-17-9-19(24(30)31-22(17)10-18)21-13-29-11-15(3)26-16(4)23(29)27-21/h5-6,9-11,13-14,20,24-25,30H,7-8,12H2,1-4H3/t20-,24?/m1/s1. The number of aromatic nitrogens is 3. The van der Waals surface area contributed by atoms with Crippen LogP contribution in [0, 0.1) is 19.8 Å². The van der Waals surface area contributed by atoms with Gasteiger partial charge >= 0.3 is 0 Å². The molecular formula is C24H29N5O2. The maximum atomic E-state index is 10.8. The molecule has 162 valence electrons. The van der Waals surface area contributed by atoms with Crippen molar-refractivity contribution in [3.8, 4) is 5.75 Å². The van der Waals surface area contributed by atoms with Crippen molar-refractivity contribution in [1.29, 1.82) is 0 Å².